The van der Waals surface area contributed by atoms with E-state index in [4.69, 9.17) is 5.73 Å². The second kappa shape index (κ2) is 3.75. The fraction of sp³-hybridized carbons (Fsp3) is 0.400. The number of nitrogens with two attached hydrogens (primary N) is 1. The highest BCUT2D eigenvalue weighted by Gasteiger charge is 2.11. The monoisotopic (exact) mass is 190 g/mol. The van der Waals surface area contributed by atoms with Gasteiger partial charge in [-0.15, -0.1) is 10.2 Å². The fourth-order valence-corrected chi connectivity index (χ4v) is 1.55. The summed E-state index contributed by atoms with van der Waals surface area (Å²) in [7, 11) is 0. The molecule has 2 aromatic rings. The van der Waals surface area contributed by atoms with Crippen molar-refractivity contribution in [3.63, 3.8) is 0 Å². The van der Waals surface area contributed by atoms with E-state index in [2.05, 4.69) is 17.1 Å². The molecule has 0 aromatic carbocycles. The van der Waals surface area contributed by atoms with Crippen molar-refractivity contribution >= 4 is 5.65 Å². The second-order valence-corrected chi connectivity index (χ2v) is 3.38. The minimum atomic E-state index is -0.0163. The molecule has 0 saturated heterocycles. The Morgan fingerprint density at radius 3 is 3.07 bits per heavy atom. The van der Waals surface area contributed by atoms with Crippen molar-refractivity contribution in [1.29, 1.82) is 0 Å². The Balaban J connectivity index is 2.42. The number of hydrogen-bond donors (Lipinski definition) is 1. The van der Waals surface area contributed by atoms with E-state index in [9.17, 15) is 0 Å². The van der Waals surface area contributed by atoms with Crippen LogP contribution in [-0.2, 0) is 0 Å². The summed E-state index contributed by atoms with van der Waals surface area (Å²) in [4.78, 5) is 0. The Labute approximate surface area is 82.8 Å². The minimum absolute atomic E-state index is 0.0163. The van der Waals surface area contributed by atoms with E-state index < -0.39 is 0 Å². The highest BCUT2D eigenvalue weighted by atomic mass is 15.3. The topological polar surface area (TPSA) is 56.2 Å². The Morgan fingerprint density at radius 1 is 1.43 bits per heavy atom. The molecular formula is C10H14N4. The third-order valence-corrected chi connectivity index (χ3v) is 2.27. The van der Waals surface area contributed by atoms with Crippen molar-refractivity contribution in [2.45, 2.75) is 25.8 Å². The van der Waals surface area contributed by atoms with Crippen LogP contribution >= 0.6 is 0 Å². The molecule has 0 radical (unpaired) electrons. The van der Waals surface area contributed by atoms with E-state index in [0.29, 0.717) is 0 Å². The number of pyridine rings is 1. The van der Waals surface area contributed by atoms with Crippen molar-refractivity contribution in [3.05, 3.63) is 30.2 Å². The van der Waals surface area contributed by atoms with E-state index >= 15 is 0 Å². The lowest BCUT2D eigenvalue weighted by Crippen LogP contribution is -2.13. The number of aromatic nitrogens is 3. The van der Waals surface area contributed by atoms with Crippen LogP contribution in [0.25, 0.3) is 5.65 Å². The molecule has 2 aromatic heterocycles. The van der Waals surface area contributed by atoms with Gasteiger partial charge in [0.1, 0.15) is 0 Å². The minimum Gasteiger partial charge on any atom is -0.321 e. The largest absolute Gasteiger partial charge is 0.321 e. The van der Waals surface area contributed by atoms with Gasteiger partial charge in [0, 0.05) is 6.20 Å². The molecule has 0 aliphatic carbocycles. The standard InChI is InChI=1S/C10H14N4/c1-2-5-8(11)10-13-12-9-6-3-4-7-14(9)10/h3-4,6-8H,2,5,11H2,1H3/t8-/m0/s1. The van der Waals surface area contributed by atoms with Gasteiger partial charge in [0.25, 0.3) is 0 Å². The maximum absolute atomic E-state index is 5.99. The first kappa shape index (κ1) is 9.15. The molecule has 0 amide bonds. The van der Waals surface area contributed by atoms with Crippen molar-refractivity contribution in [2.24, 2.45) is 5.73 Å². The first-order valence-electron chi connectivity index (χ1n) is 4.88. The van der Waals surface area contributed by atoms with E-state index in [-0.39, 0.29) is 6.04 Å². The zero-order valence-electron chi connectivity index (χ0n) is 8.22. The zero-order chi connectivity index (χ0) is 9.97. The average molecular weight is 190 g/mol. The van der Waals surface area contributed by atoms with E-state index in [1.165, 1.54) is 0 Å². The summed E-state index contributed by atoms with van der Waals surface area (Å²) in [5, 5.41) is 8.16. The Morgan fingerprint density at radius 2 is 2.29 bits per heavy atom. The molecule has 0 fully saturated rings. The Kier molecular flexibility index (Phi) is 2.45. The molecule has 4 heteroatoms. The van der Waals surface area contributed by atoms with Crippen LogP contribution < -0.4 is 5.73 Å². The lowest BCUT2D eigenvalue weighted by atomic mass is 10.2. The normalized spacial score (nSPS) is 13.3. The molecule has 2 heterocycles. The second-order valence-electron chi connectivity index (χ2n) is 3.38. The molecule has 0 saturated carbocycles. The van der Waals surface area contributed by atoms with Crippen LogP contribution in [0, 0.1) is 0 Å². The number of rotatable bonds is 3. The third-order valence-electron chi connectivity index (χ3n) is 2.27. The van der Waals surface area contributed by atoms with E-state index in [1.807, 2.05) is 28.8 Å². The van der Waals surface area contributed by atoms with E-state index in [0.717, 1.165) is 24.3 Å². The van der Waals surface area contributed by atoms with Crippen molar-refractivity contribution in [2.75, 3.05) is 0 Å². The van der Waals surface area contributed by atoms with Gasteiger partial charge in [0.15, 0.2) is 11.5 Å². The summed E-state index contributed by atoms with van der Waals surface area (Å²) >= 11 is 0. The van der Waals surface area contributed by atoms with Crippen LogP contribution in [0.1, 0.15) is 31.6 Å². The van der Waals surface area contributed by atoms with Gasteiger partial charge in [-0.2, -0.15) is 0 Å². The molecule has 0 bridgehead atoms. The maximum Gasteiger partial charge on any atom is 0.160 e. The molecule has 74 valence electrons. The summed E-state index contributed by atoms with van der Waals surface area (Å²) < 4.78 is 1.94. The summed E-state index contributed by atoms with van der Waals surface area (Å²) in [6, 6.07) is 5.81. The lowest BCUT2D eigenvalue weighted by molar-refractivity contribution is 0.596. The quantitative estimate of drug-likeness (QED) is 0.798. The molecule has 1 atom stereocenters. The van der Waals surface area contributed by atoms with Crippen LogP contribution in [0.3, 0.4) is 0 Å². The van der Waals surface area contributed by atoms with Crippen LogP contribution in [-0.4, -0.2) is 14.6 Å². The van der Waals surface area contributed by atoms with Crippen LogP contribution in [0.4, 0.5) is 0 Å². The summed E-state index contributed by atoms with van der Waals surface area (Å²) in [5.41, 5.74) is 6.85. The highest BCUT2D eigenvalue weighted by Crippen LogP contribution is 2.14. The van der Waals surface area contributed by atoms with Gasteiger partial charge in [-0.1, -0.05) is 19.4 Å². The first-order valence-corrected chi connectivity index (χ1v) is 4.88. The molecule has 2 rings (SSSR count). The van der Waals surface area contributed by atoms with Crippen molar-refractivity contribution < 1.29 is 0 Å². The summed E-state index contributed by atoms with van der Waals surface area (Å²) in [6.07, 6.45) is 3.94. The predicted octanol–water partition coefficient (Wildman–Crippen LogP) is 1.53. The maximum atomic E-state index is 5.99. The van der Waals surface area contributed by atoms with Gasteiger partial charge >= 0.3 is 0 Å². The Hall–Kier alpha value is -1.42. The fourth-order valence-electron chi connectivity index (χ4n) is 1.55. The van der Waals surface area contributed by atoms with Crippen LogP contribution in [0.15, 0.2) is 24.4 Å². The predicted molar refractivity (Wildman–Crippen MR) is 54.8 cm³/mol. The van der Waals surface area contributed by atoms with Crippen LogP contribution in [0.2, 0.25) is 0 Å². The lowest BCUT2D eigenvalue weighted by Gasteiger charge is -2.07. The molecule has 14 heavy (non-hydrogen) atoms. The molecule has 0 unspecified atom stereocenters. The third kappa shape index (κ3) is 1.48. The number of hydrogen-bond acceptors (Lipinski definition) is 3. The van der Waals surface area contributed by atoms with Crippen molar-refractivity contribution in [3.8, 4) is 0 Å². The number of nitrogens with zero attached hydrogens (tertiary/aromatic N) is 3. The molecule has 0 spiro atoms. The van der Waals surface area contributed by atoms with E-state index in [1.54, 1.807) is 0 Å². The molecule has 0 aliphatic rings. The van der Waals surface area contributed by atoms with Crippen molar-refractivity contribution in [1.82, 2.24) is 14.6 Å². The Bertz CT molecular complexity index is 421. The smallest absolute Gasteiger partial charge is 0.160 e. The zero-order valence-corrected chi connectivity index (χ0v) is 8.22. The first-order chi connectivity index (χ1) is 6.83. The highest BCUT2D eigenvalue weighted by molar-refractivity contribution is 5.37. The average Bonchev–Trinajstić information content (AvgIpc) is 2.61. The molecule has 0 aliphatic heterocycles. The van der Waals surface area contributed by atoms with Gasteiger partial charge in [-0.3, -0.25) is 4.40 Å². The number of fused-ring (bicyclic) bond motifs is 1. The molecule has 4 nitrogen and oxygen atoms in total. The van der Waals surface area contributed by atoms with Gasteiger partial charge in [-0.25, -0.2) is 0 Å². The SMILES string of the molecule is CCC[C@H](N)c1nnc2ccccn12. The van der Waals surface area contributed by atoms with Crippen LogP contribution in [0.5, 0.6) is 0 Å². The molecule has 2 N–H and O–H groups in total. The summed E-state index contributed by atoms with van der Waals surface area (Å²) in [5.74, 6) is 0.849. The molecular weight excluding hydrogens is 176 g/mol. The summed E-state index contributed by atoms with van der Waals surface area (Å²) in [6.45, 7) is 2.11. The van der Waals surface area contributed by atoms with Gasteiger partial charge < -0.3 is 5.73 Å². The van der Waals surface area contributed by atoms with Gasteiger partial charge in [-0.05, 0) is 18.6 Å². The van der Waals surface area contributed by atoms with Gasteiger partial charge in [0.2, 0.25) is 0 Å². The van der Waals surface area contributed by atoms with Gasteiger partial charge in [0.05, 0.1) is 6.04 Å².